The summed E-state index contributed by atoms with van der Waals surface area (Å²) in [5.74, 6) is 0.0452. The van der Waals surface area contributed by atoms with Crippen LogP contribution in [0, 0.1) is 5.82 Å². The second kappa shape index (κ2) is 7.93. The standard InChI is InChI=1S/C25H25FN2O3/c26-20-7-3-17(4-8-20)24(30)28-25(11-12-25)19-5-1-16(2-6-19)22-14-27-23(13-18(22)15-29)31-21-9-10-21/h1,3-5,7-8,13-14,21,29H,2,6,9-12,15H2,(H,28,30). The van der Waals surface area contributed by atoms with Gasteiger partial charge in [-0.1, -0.05) is 12.2 Å². The lowest BCUT2D eigenvalue weighted by molar-refractivity contribution is 0.0937. The van der Waals surface area contributed by atoms with Crippen LogP contribution in [0.2, 0.25) is 0 Å². The number of nitrogens with zero attached hydrogens (tertiary/aromatic N) is 1. The van der Waals surface area contributed by atoms with Gasteiger partial charge in [0.15, 0.2) is 0 Å². The van der Waals surface area contributed by atoms with E-state index in [1.165, 1.54) is 29.8 Å². The van der Waals surface area contributed by atoms with E-state index in [1.807, 2.05) is 6.07 Å². The first-order valence-corrected chi connectivity index (χ1v) is 10.8. The molecule has 0 spiro atoms. The van der Waals surface area contributed by atoms with Gasteiger partial charge in [0.05, 0.1) is 12.1 Å². The molecule has 0 aliphatic heterocycles. The lowest BCUT2D eigenvalue weighted by Gasteiger charge is -2.25. The van der Waals surface area contributed by atoms with Crippen molar-refractivity contribution in [3.05, 3.63) is 76.8 Å². The highest BCUT2D eigenvalue weighted by atomic mass is 19.1. The van der Waals surface area contributed by atoms with Crippen molar-refractivity contribution in [2.45, 2.75) is 56.8 Å². The maximum atomic E-state index is 13.1. The molecule has 1 aromatic heterocycles. The molecule has 2 aromatic rings. The molecule has 0 bridgehead atoms. The Balaban J connectivity index is 1.32. The van der Waals surface area contributed by atoms with Gasteiger partial charge in [-0.3, -0.25) is 4.79 Å². The van der Waals surface area contributed by atoms with Crippen molar-refractivity contribution in [2.75, 3.05) is 0 Å². The lowest BCUT2D eigenvalue weighted by Crippen LogP contribution is -2.38. The molecule has 0 radical (unpaired) electrons. The van der Waals surface area contributed by atoms with Gasteiger partial charge in [-0.25, -0.2) is 9.37 Å². The summed E-state index contributed by atoms with van der Waals surface area (Å²) in [4.78, 5) is 17.0. The number of halogens is 1. The molecule has 1 amide bonds. The molecule has 5 nitrogen and oxygen atoms in total. The number of hydrogen-bond donors (Lipinski definition) is 2. The van der Waals surface area contributed by atoms with E-state index in [1.54, 1.807) is 6.20 Å². The van der Waals surface area contributed by atoms with Crippen LogP contribution in [0.1, 0.15) is 60.0 Å². The van der Waals surface area contributed by atoms with Crippen molar-refractivity contribution >= 4 is 11.5 Å². The van der Waals surface area contributed by atoms with Gasteiger partial charge in [0.25, 0.3) is 5.91 Å². The van der Waals surface area contributed by atoms with Gasteiger partial charge in [-0.05, 0) is 79.5 Å². The third-order valence-corrected chi connectivity index (χ3v) is 6.27. The summed E-state index contributed by atoms with van der Waals surface area (Å²) in [5, 5.41) is 13.0. The molecule has 0 unspecified atom stereocenters. The van der Waals surface area contributed by atoms with Crippen molar-refractivity contribution in [3.63, 3.8) is 0 Å². The number of aliphatic hydroxyl groups excluding tert-OH is 1. The number of benzene rings is 1. The molecule has 3 aliphatic rings. The Hall–Kier alpha value is -2.99. The van der Waals surface area contributed by atoms with Crippen LogP contribution in [-0.2, 0) is 6.61 Å². The molecule has 2 fully saturated rings. The zero-order valence-electron chi connectivity index (χ0n) is 17.2. The zero-order chi connectivity index (χ0) is 21.4. The highest BCUT2D eigenvalue weighted by molar-refractivity contribution is 5.95. The second-order valence-electron chi connectivity index (χ2n) is 8.58. The summed E-state index contributed by atoms with van der Waals surface area (Å²) in [6.45, 7) is -0.0650. The number of allylic oxidation sites excluding steroid dienone is 3. The fraction of sp³-hybridized carbons (Fsp3) is 0.360. The second-order valence-corrected chi connectivity index (χ2v) is 8.58. The molecule has 1 aromatic carbocycles. The Morgan fingerprint density at radius 1 is 1.19 bits per heavy atom. The monoisotopic (exact) mass is 420 g/mol. The molecular formula is C25H25FN2O3. The molecular weight excluding hydrogens is 395 g/mol. The average molecular weight is 420 g/mol. The molecule has 6 heteroatoms. The normalized spacial score (nSPS) is 19.3. The fourth-order valence-electron chi connectivity index (χ4n) is 4.12. The predicted octanol–water partition coefficient (Wildman–Crippen LogP) is 4.32. The minimum absolute atomic E-state index is 0.0650. The maximum Gasteiger partial charge on any atom is 0.251 e. The summed E-state index contributed by atoms with van der Waals surface area (Å²) in [5.41, 5.74) is 4.26. The van der Waals surface area contributed by atoms with Gasteiger partial charge in [-0.2, -0.15) is 0 Å². The summed E-state index contributed by atoms with van der Waals surface area (Å²) in [7, 11) is 0. The van der Waals surface area contributed by atoms with Gasteiger partial charge in [0.1, 0.15) is 11.9 Å². The largest absolute Gasteiger partial charge is 0.474 e. The first-order chi connectivity index (χ1) is 15.1. The molecule has 3 aliphatic carbocycles. The number of amides is 1. The Morgan fingerprint density at radius 3 is 2.58 bits per heavy atom. The minimum Gasteiger partial charge on any atom is -0.474 e. The van der Waals surface area contributed by atoms with Gasteiger partial charge in [0, 0.05) is 23.4 Å². The van der Waals surface area contributed by atoms with E-state index in [4.69, 9.17) is 4.74 Å². The lowest BCUT2D eigenvalue weighted by atomic mass is 9.88. The van der Waals surface area contributed by atoms with E-state index in [2.05, 4.69) is 22.5 Å². The minimum atomic E-state index is -0.353. The number of carbonyl (C=O) groups excluding carboxylic acids is 1. The number of carbonyl (C=O) groups is 1. The predicted molar refractivity (Wildman–Crippen MR) is 115 cm³/mol. The maximum absolute atomic E-state index is 13.1. The van der Waals surface area contributed by atoms with Crippen LogP contribution in [0.3, 0.4) is 0 Å². The first-order valence-electron chi connectivity index (χ1n) is 10.8. The van der Waals surface area contributed by atoms with Crippen LogP contribution >= 0.6 is 0 Å². The third-order valence-electron chi connectivity index (χ3n) is 6.27. The van der Waals surface area contributed by atoms with E-state index < -0.39 is 0 Å². The highest BCUT2D eigenvalue weighted by Crippen LogP contribution is 2.46. The molecule has 0 saturated heterocycles. The van der Waals surface area contributed by atoms with Crippen molar-refractivity contribution in [1.82, 2.24) is 10.3 Å². The molecule has 1 heterocycles. The number of rotatable bonds is 7. The SMILES string of the molecule is O=C(NC1(C2=CC=C(c3cnc(OC4CC4)cc3CO)CC2)CC1)c1ccc(F)cc1. The Labute approximate surface area is 180 Å². The summed E-state index contributed by atoms with van der Waals surface area (Å²) < 4.78 is 18.9. The summed E-state index contributed by atoms with van der Waals surface area (Å²) >= 11 is 0. The van der Waals surface area contributed by atoms with Gasteiger partial charge in [0.2, 0.25) is 5.88 Å². The Bertz CT molecular complexity index is 1070. The molecule has 5 rings (SSSR count). The highest BCUT2D eigenvalue weighted by Gasteiger charge is 2.47. The molecule has 31 heavy (non-hydrogen) atoms. The molecule has 0 atom stereocenters. The summed E-state index contributed by atoms with van der Waals surface area (Å²) in [6, 6.07) is 7.45. The van der Waals surface area contributed by atoms with Crippen molar-refractivity contribution < 1.29 is 19.0 Å². The van der Waals surface area contributed by atoms with Crippen LogP contribution in [0.5, 0.6) is 5.88 Å². The van der Waals surface area contributed by atoms with E-state index in [0.29, 0.717) is 11.4 Å². The number of ether oxygens (including phenoxy) is 1. The average Bonchev–Trinajstić information content (AvgIpc) is 3.72. The smallest absolute Gasteiger partial charge is 0.251 e. The van der Waals surface area contributed by atoms with Crippen molar-refractivity contribution in [1.29, 1.82) is 0 Å². The van der Waals surface area contributed by atoms with Crippen molar-refractivity contribution in [3.8, 4) is 5.88 Å². The van der Waals surface area contributed by atoms with Crippen molar-refractivity contribution in [2.24, 2.45) is 0 Å². The van der Waals surface area contributed by atoms with Crippen LogP contribution in [0.4, 0.5) is 4.39 Å². The first kappa shape index (κ1) is 19.9. The zero-order valence-corrected chi connectivity index (χ0v) is 17.2. The van der Waals surface area contributed by atoms with E-state index in [-0.39, 0.29) is 30.0 Å². The Morgan fingerprint density at radius 2 is 1.97 bits per heavy atom. The van der Waals surface area contributed by atoms with Crippen LogP contribution in [-0.4, -0.2) is 27.6 Å². The third kappa shape index (κ3) is 4.26. The van der Waals surface area contributed by atoms with Crippen LogP contribution in [0.15, 0.2) is 54.3 Å². The van der Waals surface area contributed by atoms with E-state index in [9.17, 15) is 14.3 Å². The Kier molecular flexibility index (Phi) is 5.10. The van der Waals surface area contributed by atoms with Gasteiger partial charge in [-0.15, -0.1) is 0 Å². The molecule has 160 valence electrons. The quantitative estimate of drug-likeness (QED) is 0.700. The summed E-state index contributed by atoms with van der Waals surface area (Å²) in [6.07, 6.45) is 11.8. The van der Waals surface area contributed by atoms with Gasteiger partial charge >= 0.3 is 0 Å². The number of aromatic nitrogens is 1. The molecule has 2 saturated carbocycles. The van der Waals surface area contributed by atoms with Crippen LogP contribution < -0.4 is 10.1 Å². The fourth-order valence-corrected chi connectivity index (χ4v) is 4.12. The van der Waals surface area contributed by atoms with E-state index in [0.717, 1.165) is 55.2 Å². The van der Waals surface area contributed by atoms with Gasteiger partial charge < -0.3 is 15.2 Å². The number of aliphatic hydroxyl groups is 1. The number of nitrogens with one attached hydrogen (secondary N) is 1. The topological polar surface area (TPSA) is 71.5 Å². The van der Waals surface area contributed by atoms with E-state index >= 15 is 0 Å². The number of hydrogen-bond acceptors (Lipinski definition) is 4. The number of pyridine rings is 1. The molecule has 2 N–H and O–H groups in total. The van der Waals surface area contributed by atoms with Crippen LogP contribution in [0.25, 0.3) is 5.57 Å².